The largest absolute Gasteiger partial charge is 0.493 e. The third-order valence-electron chi connectivity index (χ3n) is 6.30. The van der Waals surface area contributed by atoms with Crippen LogP contribution in [0.25, 0.3) is 5.82 Å². The molecule has 1 aliphatic rings. The van der Waals surface area contributed by atoms with Gasteiger partial charge in [0, 0.05) is 17.8 Å². The van der Waals surface area contributed by atoms with Crippen molar-refractivity contribution in [2.75, 3.05) is 12.4 Å². The number of aliphatic hydroxyl groups is 1. The van der Waals surface area contributed by atoms with E-state index in [1.54, 1.807) is 13.1 Å². The molecular formula is C24H26F3N5O3. The second-order valence-corrected chi connectivity index (χ2v) is 8.69. The number of alkyl halides is 3. The van der Waals surface area contributed by atoms with Gasteiger partial charge in [-0.3, -0.25) is 9.78 Å². The minimum absolute atomic E-state index is 0.0384. The van der Waals surface area contributed by atoms with Gasteiger partial charge in [-0.25, -0.2) is 9.67 Å². The van der Waals surface area contributed by atoms with E-state index in [1.807, 2.05) is 13.0 Å². The molecule has 0 unspecified atom stereocenters. The van der Waals surface area contributed by atoms with Gasteiger partial charge in [-0.1, -0.05) is 0 Å². The fourth-order valence-electron chi connectivity index (χ4n) is 4.38. The molecule has 11 heteroatoms. The quantitative estimate of drug-likeness (QED) is 0.544. The van der Waals surface area contributed by atoms with E-state index in [9.17, 15) is 23.1 Å². The molecule has 0 radical (unpaired) electrons. The van der Waals surface area contributed by atoms with Gasteiger partial charge >= 0.3 is 6.18 Å². The van der Waals surface area contributed by atoms with Crippen LogP contribution in [0.3, 0.4) is 0 Å². The van der Waals surface area contributed by atoms with Gasteiger partial charge in [0.2, 0.25) is 0 Å². The van der Waals surface area contributed by atoms with Crippen LogP contribution in [-0.4, -0.2) is 44.0 Å². The number of carbonyl (C=O) groups is 1. The van der Waals surface area contributed by atoms with Crippen LogP contribution in [0, 0.1) is 13.8 Å². The summed E-state index contributed by atoms with van der Waals surface area (Å²) in [7, 11) is 1.24. The molecule has 3 heterocycles. The van der Waals surface area contributed by atoms with Crippen molar-refractivity contribution in [1.29, 1.82) is 0 Å². The molecule has 0 aromatic carbocycles. The predicted molar refractivity (Wildman–Crippen MR) is 122 cm³/mol. The van der Waals surface area contributed by atoms with Crippen LogP contribution in [-0.2, 0) is 6.18 Å². The number of aryl methyl sites for hydroxylation is 1. The number of methoxy groups -OCH3 is 1. The molecule has 3 aromatic rings. The molecule has 4 rings (SSSR count). The zero-order chi connectivity index (χ0) is 25.3. The third kappa shape index (κ3) is 5.14. The molecule has 8 nitrogen and oxygen atoms in total. The molecule has 186 valence electrons. The lowest BCUT2D eigenvalue weighted by molar-refractivity contribution is -0.137. The Kier molecular flexibility index (Phi) is 6.79. The number of nitrogens with one attached hydrogen (secondary N) is 1. The van der Waals surface area contributed by atoms with Gasteiger partial charge in [0.15, 0.2) is 11.6 Å². The molecule has 1 aliphatic carbocycles. The van der Waals surface area contributed by atoms with Crippen LogP contribution >= 0.6 is 0 Å². The van der Waals surface area contributed by atoms with Crippen molar-refractivity contribution in [2.24, 2.45) is 0 Å². The second kappa shape index (κ2) is 9.65. The average molecular weight is 489 g/mol. The van der Waals surface area contributed by atoms with E-state index < -0.39 is 17.6 Å². The summed E-state index contributed by atoms with van der Waals surface area (Å²) >= 11 is 0. The molecule has 0 atom stereocenters. The normalized spacial score (nSPS) is 18.4. The molecule has 0 aliphatic heterocycles. The molecule has 0 spiro atoms. The van der Waals surface area contributed by atoms with Crippen molar-refractivity contribution in [3.63, 3.8) is 0 Å². The Balaban J connectivity index is 1.53. The van der Waals surface area contributed by atoms with Crippen molar-refractivity contribution in [3.05, 3.63) is 58.8 Å². The maximum atomic E-state index is 13.0. The lowest BCUT2D eigenvalue weighted by Crippen LogP contribution is -2.19. The number of aromatic nitrogens is 4. The number of ether oxygens (including phenoxy) is 1. The Morgan fingerprint density at radius 1 is 1.11 bits per heavy atom. The minimum Gasteiger partial charge on any atom is -0.493 e. The second-order valence-electron chi connectivity index (χ2n) is 8.69. The van der Waals surface area contributed by atoms with Gasteiger partial charge in [-0.05, 0) is 57.2 Å². The number of halogens is 3. The van der Waals surface area contributed by atoms with E-state index >= 15 is 0 Å². The Bertz CT molecular complexity index is 1230. The molecule has 3 aromatic heterocycles. The van der Waals surface area contributed by atoms with Gasteiger partial charge in [0.25, 0.3) is 5.91 Å². The Hall–Kier alpha value is -3.47. The summed E-state index contributed by atoms with van der Waals surface area (Å²) in [5.74, 6) is -0.232. The molecule has 1 saturated carbocycles. The first-order valence-electron chi connectivity index (χ1n) is 11.2. The number of hydrogen-bond acceptors (Lipinski definition) is 6. The van der Waals surface area contributed by atoms with Crippen LogP contribution in [0.1, 0.15) is 64.5 Å². The Morgan fingerprint density at radius 3 is 2.46 bits per heavy atom. The fourth-order valence-corrected chi connectivity index (χ4v) is 4.38. The maximum absolute atomic E-state index is 13.0. The van der Waals surface area contributed by atoms with E-state index in [0.717, 1.165) is 43.0 Å². The van der Waals surface area contributed by atoms with Gasteiger partial charge in [-0.15, -0.1) is 0 Å². The van der Waals surface area contributed by atoms with Crippen molar-refractivity contribution in [1.82, 2.24) is 19.7 Å². The van der Waals surface area contributed by atoms with Gasteiger partial charge in [0.1, 0.15) is 0 Å². The van der Waals surface area contributed by atoms with Gasteiger partial charge < -0.3 is 15.2 Å². The highest BCUT2D eigenvalue weighted by atomic mass is 19.4. The summed E-state index contributed by atoms with van der Waals surface area (Å²) in [5, 5.41) is 16.7. The lowest BCUT2D eigenvalue weighted by Gasteiger charge is -2.26. The number of anilines is 1. The van der Waals surface area contributed by atoms with Crippen LogP contribution in [0.2, 0.25) is 0 Å². The highest BCUT2D eigenvalue weighted by molar-refractivity contribution is 6.04. The molecular weight excluding hydrogens is 463 g/mol. The average Bonchev–Trinajstić information content (AvgIpc) is 3.20. The smallest absolute Gasteiger partial charge is 0.418 e. The SMILES string of the molecule is COc1cc(C(F)(F)F)cnc1-n1ncc(C(=O)Nc2cnc([C@H]3CC[C@@H](O)CC3)c(C)c2)c1C. The van der Waals surface area contributed by atoms with E-state index in [1.165, 1.54) is 18.0 Å². The summed E-state index contributed by atoms with van der Waals surface area (Å²) in [6.45, 7) is 3.56. The molecule has 0 bridgehead atoms. The third-order valence-corrected chi connectivity index (χ3v) is 6.30. The Labute approximate surface area is 200 Å². The van der Waals surface area contributed by atoms with Crippen LogP contribution in [0.4, 0.5) is 18.9 Å². The van der Waals surface area contributed by atoms with Gasteiger partial charge in [-0.2, -0.15) is 18.3 Å². The summed E-state index contributed by atoms with van der Waals surface area (Å²) in [4.78, 5) is 21.4. The molecule has 35 heavy (non-hydrogen) atoms. The fraction of sp³-hybridized carbons (Fsp3) is 0.417. The lowest BCUT2D eigenvalue weighted by atomic mass is 9.84. The monoisotopic (exact) mass is 489 g/mol. The van der Waals surface area contributed by atoms with Crippen molar-refractivity contribution in [3.8, 4) is 11.6 Å². The number of nitrogens with zero attached hydrogens (tertiary/aromatic N) is 4. The highest BCUT2D eigenvalue weighted by Crippen LogP contribution is 2.35. The Morgan fingerprint density at radius 2 is 1.83 bits per heavy atom. The van der Waals surface area contributed by atoms with E-state index in [-0.39, 0.29) is 29.2 Å². The predicted octanol–water partition coefficient (Wildman–Crippen LogP) is 4.58. The molecule has 0 saturated heterocycles. The zero-order valence-corrected chi connectivity index (χ0v) is 19.6. The number of amides is 1. The summed E-state index contributed by atoms with van der Waals surface area (Å²) in [6.07, 6.45) is 2.08. The van der Waals surface area contributed by atoms with E-state index in [0.29, 0.717) is 17.6 Å². The zero-order valence-electron chi connectivity index (χ0n) is 19.6. The van der Waals surface area contributed by atoms with Crippen molar-refractivity contribution >= 4 is 11.6 Å². The maximum Gasteiger partial charge on any atom is 0.418 e. The highest BCUT2D eigenvalue weighted by Gasteiger charge is 2.32. The van der Waals surface area contributed by atoms with Gasteiger partial charge in [0.05, 0.1) is 48.1 Å². The van der Waals surface area contributed by atoms with Crippen LogP contribution < -0.4 is 10.1 Å². The molecule has 2 N–H and O–H groups in total. The van der Waals surface area contributed by atoms with Crippen LogP contribution in [0.5, 0.6) is 5.75 Å². The summed E-state index contributed by atoms with van der Waals surface area (Å²) < 4.78 is 45.4. The first kappa shape index (κ1) is 24.6. The van der Waals surface area contributed by atoms with Crippen LogP contribution in [0.15, 0.2) is 30.7 Å². The topological polar surface area (TPSA) is 102 Å². The van der Waals surface area contributed by atoms with E-state index in [4.69, 9.17) is 4.74 Å². The number of pyridine rings is 2. The number of hydrogen-bond donors (Lipinski definition) is 2. The van der Waals surface area contributed by atoms with E-state index in [2.05, 4.69) is 20.4 Å². The summed E-state index contributed by atoms with van der Waals surface area (Å²) in [6, 6.07) is 2.69. The molecule has 1 amide bonds. The molecule has 1 fully saturated rings. The van der Waals surface area contributed by atoms with Crippen molar-refractivity contribution < 1.29 is 27.8 Å². The number of rotatable bonds is 5. The standard InChI is InChI=1S/C24H26F3N5O3/c1-13-8-17(11-28-21(13)15-4-6-18(33)7-5-15)31-23(34)19-12-30-32(14(19)2)22-20(35-3)9-16(10-29-22)24(25,26)27/h8-12,15,18,33H,4-7H2,1-3H3,(H,31,34)/t15-,18+. The minimum atomic E-state index is -4.57. The number of carbonyl (C=O) groups excluding carboxylic acids is 1. The first-order chi connectivity index (χ1) is 16.6. The summed E-state index contributed by atoms with van der Waals surface area (Å²) in [5.41, 5.74) is 2.11. The van der Waals surface area contributed by atoms with Crippen molar-refractivity contribution in [2.45, 2.75) is 57.7 Å². The number of aliphatic hydroxyl groups excluding tert-OH is 1. The first-order valence-corrected chi connectivity index (χ1v) is 11.2.